The van der Waals surface area contributed by atoms with Gasteiger partial charge >= 0.3 is 5.97 Å². The molecule has 0 saturated heterocycles. The summed E-state index contributed by atoms with van der Waals surface area (Å²) >= 11 is 0. The Morgan fingerprint density at radius 2 is 1.85 bits per heavy atom. The fourth-order valence-corrected chi connectivity index (χ4v) is 2.28. The van der Waals surface area contributed by atoms with Crippen molar-refractivity contribution in [2.45, 2.75) is 33.0 Å². The third-order valence-corrected chi connectivity index (χ3v) is 3.37. The molecule has 2 rings (SSSR count). The molecule has 0 heterocycles. The van der Waals surface area contributed by atoms with Gasteiger partial charge in [0.05, 0.1) is 0 Å². The molecule has 0 aliphatic carbocycles. The first-order chi connectivity index (χ1) is 12.2. The molecule has 4 N–H and O–H groups in total. The van der Waals surface area contributed by atoms with Crippen molar-refractivity contribution in [1.29, 1.82) is 5.41 Å². The van der Waals surface area contributed by atoms with E-state index < -0.39 is 5.60 Å². The molecule has 6 heteroatoms. The fraction of sp³-hybridized carbons (Fsp3) is 0.300. The number of amidine groups is 1. The Kier molecular flexibility index (Phi) is 6.22. The molecule has 0 amide bonds. The van der Waals surface area contributed by atoms with Crippen molar-refractivity contribution in [3.05, 3.63) is 59.7 Å². The summed E-state index contributed by atoms with van der Waals surface area (Å²) in [5, 5.41) is 10.7. The number of esters is 1. The SMILES string of the molecule is CC(C)(C)OC(=O)CNc1ccc(OCc2ccccc2)cc1C(=N)N. The van der Waals surface area contributed by atoms with Crippen LogP contribution in [0.5, 0.6) is 5.75 Å². The number of nitrogen functional groups attached to an aromatic ring is 1. The Hall–Kier alpha value is -3.02. The van der Waals surface area contributed by atoms with Gasteiger partial charge in [-0.05, 0) is 44.5 Å². The van der Waals surface area contributed by atoms with Gasteiger partial charge in [-0.2, -0.15) is 0 Å². The van der Waals surface area contributed by atoms with E-state index in [0.29, 0.717) is 23.6 Å². The van der Waals surface area contributed by atoms with Gasteiger partial charge in [0.15, 0.2) is 0 Å². The van der Waals surface area contributed by atoms with Gasteiger partial charge < -0.3 is 20.5 Å². The van der Waals surface area contributed by atoms with E-state index in [4.69, 9.17) is 20.6 Å². The van der Waals surface area contributed by atoms with E-state index in [1.165, 1.54) is 0 Å². The molecule has 0 saturated carbocycles. The number of nitrogens with two attached hydrogens (primary N) is 1. The first kappa shape index (κ1) is 19.3. The highest BCUT2D eigenvalue weighted by Crippen LogP contribution is 2.23. The fourth-order valence-electron chi connectivity index (χ4n) is 2.28. The predicted octanol–water partition coefficient (Wildman–Crippen LogP) is 3.30. The summed E-state index contributed by atoms with van der Waals surface area (Å²) in [6, 6.07) is 15.0. The zero-order valence-corrected chi connectivity index (χ0v) is 15.3. The van der Waals surface area contributed by atoms with Gasteiger partial charge in [0.25, 0.3) is 0 Å². The second-order valence-corrected chi connectivity index (χ2v) is 6.84. The summed E-state index contributed by atoms with van der Waals surface area (Å²) in [4.78, 5) is 11.8. The second-order valence-electron chi connectivity index (χ2n) is 6.84. The Balaban J connectivity index is 2.03. The molecule has 0 aliphatic rings. The number of carbonyl (C=O) groups is 1. The number of nitrogens with one attached hydrogen (secondary N) is 2. The molecule has 0 atom stereocenters. The summed E-state index contributed by atoms with van der Waals surface area (Å²) in [6.45, 7) is 5.84. The maximum absolute atomic E-state index is 11.8. The van der Waals surface area contributed by atoms with E-state index in [-0.39, 0.29) is 18.3 Å². The van der Waals surface area contributed by atoms with Gasteiger partial charge in [0.2, 0.25) is 0 Å². The van der Waals surface area contributed by atoms with Crippen molar-refractivity contribution in [2.75, 3.05) is 11.9 Å². The van der Waals surface area contributed by atoms with Crippen LogP contribution in [0.25, 0.3) is 0 Å². The number of rotatable bonds is 7. The third-order valence-electron chi connectivity index (χ3n) is 3.37. The highest BCUT2D eigenvalue weighted by molar-refractivity contribution is 6.01. The van der Waals surface area contributed by atoms with E-state index in [2.05, 4.69) is 5.32 Å². The van der Waals surface area contributed by atoms with Gasteiger partial charge in [-0.25, -0.2) is 0 Å². The minimum atomic E-state index is -0.544. The largest absolute Gasteiger partial charge is 0.489 e. The van der Waals surface area contributed by atoms with E-state index in [1.807, 2.05) is 51.1 Å². The van der Waals surface area contributed by atoms with Crippen molar-refractivity contribution in [1.82, 2.24) is 0 Å². The zero-order valence-electron chi connectivity index (χ0n) is 15.3. The van der Waals surface area contributed by atoms with Gasteiger partial charge in [0.1, 0.15) is 30.3 Å². The van der Waals surface area contributed by atoms with Crippen LogP contribution in [0.2, 0.25) is 0 Å². The summed E-state index contributed by atoms with van der Waals surface area (Å²) in [6.07, 6.45) is 0. The number of benzene rings is 2. The van der Waals surface area contributed by atoms with Crippen molar-refractivity contribution in [3.63, 3.8) is 0 Å². The monoisotopic (exact) mass is 355 g/mol. The van der Waals surface area contributed by atoms with E-state index >= 15 is 0 Å². The van der Waals surface area contributed by atoms with Crippen LogP contribution in [0.4, 0.5) is 5.69 Å². The molecule has 0 unspecified atom stereocenters. The molecule has 0 spiro atoms. The van der Waals surface area contributed by atoms with Crippen LogP contribution >= 0.6 is 0 Å². The molecule has 2 aromatic rings. The highest BCUT2D eigenvalue weighted by Gasteiger charge is 2.16. The lowest BCUT2D eigenvalue weighted by Gasteiger charge is -2.20. The molecular weight excluding hydrogens is 330 g/mol. The van der Waals surface area contributed by atoms with Crippen LogP contribution in [0, 0.1) is 5.41 Å². The number of hydrogen-bond acceptors (Lipinski definition) is 5. The van der Waals surface area contributed by atoms with Crippen LogP contribution in [-0.2, 0) is 16.1 Å². The maximum Gasteiger partial charge on any atom is 0.325 e. The smallest absolute Gasteiger partial charge is 0.325 e. The molecular formula is C20H25N3O3. The van der Waals surface area contributed by atoms with Crippen LogP contribution in [0.3, 0.4) is 0 Å². The lowest BCUT2D eigenvalue weighted by molar-refractivity contribution is -0.152. The number of ether oxygens (including phenoxy) is 2. The second kappa shape index (κ2) is 8.38. The molecule has 138 valence electrons. The molecule has 26 heavy (non-hydrogen) atoms. The normalized spacial score (nSPS) is 10.9. The first-order valence-electron chi connectivity index (χ1n) is 8.35. The van der Waals surface area contributed by atoms with Gasteiger partial charge in [-0.1, -0.05) is 30.3 Å². The maximum atomic E-state index is 11.8. The van der Waals surface area contributed by atoms with Crippen LogP contribution in [0.15, 0.2) is 48.5 Å². The third kappa shape index (κ3) is 6.12. The standard InChI is InChI=1S/C20H25N3O3/c1-20(2,3)26-18(24)12-23-17-10-9-15(11-16(17)19(21)22)25-13-14-7-5-4-6-8-14/h4-11,23H,12-13H2,1-3H3,(H3,21,22). The lowest BCUT2D eigenvalue weighted by Crippen LogP contribution is -2.28. The summed E-state index contributed by atoms with van der Waals surface area (Å²) in [7, 11) is 0. The predicted molar refractivity (Wildman–Crippen MR) is 103 cm³/mol. The quantitative estimate of drug-likeness (QED) is 0.402. The van der Waals surface area contributed by atoms with E-state index in [0.717, 1.165) is 5.56 Å². The average molecular weight is 355 g/mol. The molecule has 0 aromatic heterocycles. The molecule has 6 nitrogen and oxygen atoms in total. The summed E-state index contributed by atoms with van der Waals surface area (Å²) in [5.74, 6) is 0.111. The summed E-state index contributed by atoms with van der Waals surface area (Å²) in [5.41, 5.74) is 7.22. The Labute approximate surface area is 153 Å². The number of carbonyl (C=O) groups excluding carboxylic acids is 1. The van der Waals surface area contributed by atoms with Gasteiger partial charge in [-0.3, -0.25) is 10.2 Å². The minimum absolute atomic E-state index is 0.0121. The molecule has 0 fully saturated rings. The first-order valence-corrected chi connectivity index (χ1v) is 8.35. The Morgan fingerprint density at radius 3 is 2.46 bits per heavy atom. The van der Waals surface area contributed by atoms with Crippen LogP contribution < -0.4 is 15.8 Å². The highest BCUT2D eigenvalue weighted by atomic mass is 16.6. The zero-order chi connectivity index (χ0) is 19.2. The molecule has 0 aliphatic heterocycles. The topological polar surface area (TPSA) is 97.4 Å². The van der Waals surface area contributed by atoms with Crippen molar-refractivity contribution in [2.24, 2.45) is 5.73 Å². The van der Waals surface area contributed by atoms with Gasteiger partial charge in [0, 0.05) is 11.3 Å². The average Bonchev–Trinajstić information content (AvgIpc) is 2.57. The lowest BCUT2D eigenvalue weighted by atomic mass is 10.1. The number of hydrogen-bond donors (Lipinski definition) is 3. The van der Waals surface area contributed by atoms with Crippen LogP contribution in [0.1, 0.15) is 31.9 Å². The van der Waals surface area contributed by atoms with Crippen molar-refractivity contribution < 1.29 is 14.3 Å². The van der Waals surface area contributed by atoms with Gasteiger partial charge in [-0.15, -0.1) is 0 Å². The molecule has 0 bridgehead atoms. The Morgan fingerprint density at radius 1 is 1.15 bits per heavy atom. The van der Waals surface area contributed by atoms with Crippen molar-refractivity contribution >= 4 is 17.5 Å². The van der Waals surface area contributed by atoms with Crippen LogP contribution in [-0.4, -0.2) is 24.0 Å². The summed E-state index contributed by atoms with van der Waals surface area (Å²) < 4.78 is 11.0. The van der Waals surface area contributed by atoms with E-state index in [1.54, 1.807) is 18.2 Å². The Bertz CT molecular complexity index is 768. The minimum Gasteiger partial charge on any atom is -0.489 e. The number of anilines is 1. The van der Waals surface area contributed by atoms with Crippen molar-refractivity contribution in [3.8, 4) is 5.75 Å². The molecule has 0 radical (unpaired) electrons. The van der Waals surface area contributed by atoms with E-state index in [9.17, 15) is 4.79 Å². The molecule has 2 aromatic carbocycles.